The summed E-state index contributed by atoms with van der Waals surface area (Å²) in [6.07, 6.45) is 0. The molecule has 0 saturated carbocycles. The minimum atomic E-state index is -0.554. The monoisotopic (exact) mass is 259 g/mol. The number of ketones is 1. The van der Waals surface area contributed by atoms with Crippen molar-refractivity contribution >= 4 is 17.2 Å². The maximum Gasteiger partial charge on any atom is 0.305 e. The molecule has 0 atom stereocenters. The zero-order chi connectivity index (χ0) is 14.2. The number of para-hydroxylation sites is 1. The Kier molecular flexibility index (Phi) is 3.08. The van der Waals surface area contributed by atoms with E-state index in [2.05, 4.69) is 4.98 Å². The average molecular weight is 259 g/mol. The van der Waals surface area contributed by atoms with Crippen LogP contribution < -0.4 is 5.73 Å². The van der Waals surface area contributed by atoms with Gasteiger partial charge in [0.25, 0.3) is 0 Å². The smallest absolute Gasteiger partial charge is 0.305 e. The van der Waals surface area contributed by atoms with Crippen molar-refractivity contribution in [2.45, 2.75) is 13.8 Å². The molecule has 0 aliphatic heterocycles. The van der Waals surface area contributed by atoms with Crippen molar-refractivity contribution < 1.29 is 9.72 Å². The molecule has 98 valence electrons. The van der Waals surface area contributed by atoms with Crippen LogP contribution in [0.3, 0.4) is 0 Å². The van der Waals surface area contributed by atoms with Gasteiger partial charge in [-0.15, -0.1) is 0 Å². The van der Waals surface area contributed by atoms with Gasteiger partial charge in [0.2, 0.25) is 0 Å². The van der Waals surface area contributed by atoms with Crippen molar-refractivity contribution in [2.75, 3.05) is 5.73 Å². The van der Waals surface area contributed by atoms with E-state index in [0.29, 0.717) is 16.9 Å². The van der Waals surface area contributed by atoms with Gasteiger partial charge >= 0.3 is 5.69 Å². The molecule has 3 N–H and O–H groups in total. The van der Waals surface area contributed by atoms with E-state index in [1.54, 1.807) is 31.2 Å². The molecule has 6 heteroatoms. The molecule has 0 unspecified atom stereocenters. The van der Waals surface area contributed by atoms with Gasteiger partial charge in [-0.1, -0.05) is 18.2 Å². The Morgan fingerprint density at radius 2 is 2.00 bits per heavy atom. The Bertz CT molecular complexity index is 674. The lowest BCUT2D eigenvalue weighted by atomic mass is 10.1. The third-order valence-electron chi connectivity index (χ3n) is 2.93. The summed E-state index contributed by atoms with van der Waals surface area (Å²) in [6, 6.07) is 6.81. The second-order valence-corrected chi connectivity index (χ2v) is 4.25. The highest BCUT2D eigenvalue weighted by molar-refractivity contribution is 6.03. The second kappa shape index (κ2) is 4.56. The molecular formula is C13H13N3O3. The first-order valence-corrected chi connectivity index (χ1v) is 5.66. The number of aromatic nitrogens is 1. The number of aromatic amines is 1. The number of nitrogen functional groups attached to an aromatic ring is 1. The van der Waals surface area contributed by atoms with Crippen LogP contribution in [0.1, 0.15) is 23.0 Å². The molecule has 2 rings (SSSR count). The lowest BCUT2D eigenvalue weighted by Gasteiger charge is -2.02. The number of benzene rings is 1. The van der Waals surface area contributed by atoms with Crippen LogP contribution in [0.5, 0.6) is 0 Å². The molecule has 6 nitrogen and oxygen atoms in total. The third kappa shape index (κ3) is 2.08. The molecule has 0 aliphatic carbocycles. The molecule has 0 fully saturated rings. The number of nitrogens with one attached hydrogen (secondary N) is 1. The molecule has 0 spiro atoms. The van der Waals surface area contributed by atoms with Crippen LogP contribution in [0.25, 0.3) is 11.3 Å². The number of carbonyl (C=O) groups is 1. The summed E-state index contributed by atoms with van der Waals surface area (Å²) in [5.41, 5.74) is 7.39. The van der Waals surface area contributed by atoms with Crippen LogP contribution in [-0.2, 0) is 0 Å². The molecule has 1 aromatic heterocycles. The van der Waals surface area contributed by atoms with Gasteiger partial charge in [-0.3, -0.25) is 14.9 Å². The van der Waals surface area contributed by atoms with E-state index in [0.717, 1.165) is 0 Å². The maximum absolute atomic E-state index is 11.6. The number of nitrogens with two attached hydrogens (primary N) is 1. The number of hydrogen-bond acceptors (Lipinski definition) is 4. The van der Waals surface area contributed by atoms with E-state index in [1.807, 2.05) is 0 Å². The van der Waals surface area contributed by atoms with E-state index < -0.39 is 4.92 Å². The highest BCUT2D eigenvalue weighted by atomic mass is 16.6. The Hall–Kier alpha value is -2.63. The number of Topliss-reactive ketones (excluding diaryl/α,β-unsaturated/α-hetero) is 1. The summed E-state index contributed by atoms with van der Waals surface area (Å²) >= 11 is 0. The van der Waals surface area contributed by atoms with Crippen LogP contribution in [0.15, 0.2) is 24.3 Å². The lowest BCUT2D eigenvalue weighted by Crippen LogP contribution is -1.99. The largest absolute Gasteiger partial charge is 0.398 e. The van der Waals surface area contributed by atoms with Gasteiger partial charge in [-0.05, 0) is 19.9 Å². The van der Waals surface area contributed by atoms with Crippen LogP contribution in [-0.4, -0.2) is 15.7 Å². The first-order chi connectivity index (χ1) is 8.93. The second-order valence-electron chi connectivity index (χ2n) is 4.25. The number of nitrogens with zero attached hydrogens (tertiary/aromatic N) is 1. The maximum atomic E-state index is 11.6. The van der Waals surface area contributed by atoms with Crippen molar-refractivity contribution in [3.63, 3.8) is 0 Å². The number of aryl methyl sites for hydroxylation is 1. The standard InChI is InChI=1S/C13H13N3O3/c1-7-11(8(2)17)13(16(18)19)12(15-7)9-5-3-4-6-10(9)14/h3-6,15H,14H2,1-2H3. The van der Waals surface area contributed by atoms with Crippen molar-refractivity contribution in [3.8, 4) is 11.3 Å². The summed E-state index contributed by atoms with van der Waals surface area (Å²) < 4.78 is 0. The number of rotatable bonds is 3. The summed E-state index contributed by atoms with van der Waals surface area (Å²) in [5.74, 6) is -0.346. The number of anilines is 1. The highest BCUT2D eigenvalue weighted by Crippen LogP contribution is 2.37. The summed E-state index contributed by atoms with van der Waals surface area (Å²) in [6.45, 7) is 2.94. The van der Waals surface area contributed by atoms with E-state index >= 15 is 0 Å². The molecule has 0 saturated heterocycles. The number of H-pyrrole nitrogens is 1. The van der Waals surface area contributed by atoms with Crippen molar-refractivity contribution in [1.82, 2.24) is 4.98 Å². The molecule has 19 heavy (non-hydrogen) atoms. The van der Waals surface area contributed by atoms with Gasteiger partial charge in [-0.25, -0.2) is 0 Å². The topological polar surface area (TPSA) is 102 Å². The SMILES string of the molecule is CC(=O)c1c(C)[nH]c(-c2ccccc2N)c1[N+](=O)[O-]. The minimum Gasteiger partial charge on any atom is -0.398 e. The fourth-order valence-corrected chi connectivity index (χ4v) is 2.14. The lowest BCUT2D eigenvalue weighted by molar-refractivity contribution is -0.384. The Labute approximate surface area is 109 Å². The normalized spacial score (nSPS) is 10.4. The Morgan fingerprint density at radius 1 is 1.37 bits per heavy atom. The zero-order valence-corrected chi connectivity index (χ0v) is 10.6. The fraction of sp³-hybridized carbons (Fsp3) is 0.154. The predicted molar refractivity (Wildman–Crippen MR) is 72.0 cm³/mol. The van der Waals surface area contributed by atoms with Crippen LogP contribution in [0.4, 0.5) is 11.4 Å². The first-order valence-electron chi connectivity index (χ1n) is 5.66. The summed E-state index contributed by atoms with van der Waals surface area (Å²) in [4.78, 5) is 25.1. The number of hydrogen-bond donors (Lipinski definition) is 2. The third-order valence-corrected chi connectivity index (χ3v) is 2.93. The first kappa shape index (κ1) is 12.8. The van der Waals surface area contributed by atoms with Crippen LogP contribution in [0.2, 0.25) is 0 Å². The zero-order valence-electron chi connectivity index (χ0n) is 10.6. The molecular weight excluding hydrogens is 246 g/mol. The number of carbonyl (C=O) groups excluding carboxylic acids is 1. The minimum absolute atomic E-state index is 0.100. The number of nitro groups is 1. The molecule has 0 bridgehead atoms. The van der Waals surface area contributed by atoms with Gasteiger partial charge in [0.1, 0.15) is 11.3 Å². The van der Waals surface area contributed by atoms with E-state index in [1.165, 1.54) is 6.92 Å². The summed E-state index contributed by atoms with van der Waals surface area (Å²) in [5, 5.41) is 11.2. The van der Waals surface area contributed by atoms with E-state index in [-0.39, 0.29) is 22.7 Å². The average Bonchev–Trinajstić information content (AvgIpc) is 2.67. The summed E-state index contributed by atoms with van der Waals surface area (Å²) in [7, 11) is 0. The Balaban J connectivity index is 2.79. The van der Waals surface area contributed by atoms with E-state index in [9.17, 15) is 14.9 Å². The van der Waals surface area contributed by atoms with Crippen LogP contribution >= 0.6 is 0 Å². The van der Waals surface area contributed by atoms with Gasteiger partial charge in [-0.2, -0.15) is 0 Å². The van der Waals surface area contributed by atoms with Crippen molar-refractivity contribution in [3.05, 3.63) is 45.6 Å². The quantitative estimate of drug-likeness (QED) is 0.383. The van der Waals surface area contributed by atoms with Gasteiger partial charge in [0.05, 0.1) is 4.92 Å². The molecule has 1 heterocycles. The van der Waals surface area contributed by atoms with Crippen molar-refractivity contribution in [2.24, 2.45) is 0 Å². The fourth-order valence-electron chi connectivity index (χ4n) is 2.14. The van der Waals surface area contributed by atoms with E-state index in [4.69, 9.17) is 5.73 Å². The van der Waals surface area contributed by atoms with Gasteiger partial charge < -0.3 is 10.7 Å². The Morgan fingerprint density at radius 3 is 2.53 bits per heavy atom. The van der Waals surface area contributed by atoms with Crippen molar-refractivity contribution in [1.29, 1.82) is 0 Å². The molecule has 0 radical (unpaired) electrons. The van der Waals surface area contributed by atoms with Gasteiger partial charge in [0, 0.05) is 16.9 Å². The predicted octanol–water partition coefficient (Wildman–Crippen LogP) is 2.68. The highest BCUT2D eigenvalue weighted by Gasteiger charge is 2.29. The molecule has 0 amide bonds. The molecule has 2 aromatic rings. The van der Waals surface area contributed by atoms with Gasteiger partial charge in [0.15, 0.2) is 5.78 Å². The molecule has 0 aliphatic rings. The molecule has 1 aromatic carbocycles. The van der Waals surface area contributed by atoms with Crippen LogP contribution in [0, 0.1) is 17.0 Å².